The van der Waals surface area contributed by atoms with Crippen LogP contribution in [0.5, 0.6) is 0 Å². The van der Waals surface area contributed by atoms with Crippen LogP contribution >= 0.6 is 22.9 Å². The van der Waals surface area contributed by atoms with Gasteiger partial charge in [0.15, 0.2) is 0 Å². The van der Waals surface area contributed by atoms with E-state index in [0.29, 0.717) is 33.5 Å². The number of aryl methyl sites for hydroxylation is 1. The summed E-state index contributed by atoms with van der Waals surface area (Å²) < 4.78 is 3.21. The van der Waals surface area contributed by atoms with Crippen molar-refractivity contribution in [3.8, 4) is 16.3 Å². The number of hydrogen-bond acceptors (Lipinski definition) is 5. The van der Waals surface area contributed by atoms with Crippen LogP contribution in [0.15, 0.2) is 84.5 Å². The number of amides is 3. The van der Waals surface area contributed by atoms with Crippen molar-refractivity contribution in [2.45, 2.75) is 0 Å². The predicted molar refractivity (Wildman–Crippen MR) is 142 cm³/mol. The number of nitrogens with one attached hydrogen (secondary N) is 3. The summed E-state index contributed by atoms with van der Waals surface area (Å²) >= 11 is 7.67. The number of urea groups is 1. The molecule has 2 aromatic carbocycles. The van der Waals surface area contributed by atoms with Crippen LogP contribution in [-0.2, 0) is 7.05 Å². The highest BCUT2D eigenvalue weighted by Crippen LogP contribution is 2.26. The van der Waals surface area contributed by atoms with E-state index in [4.69, 9.17) is 11.6 Å². The number of para-hydroxylation sites is 1. The lowest BCUT2D eigenvalue weighted by atomic mass is 10.2. The second kappa shape index (κ2) is 10.1. The molecule has 0 atom stereocenters. The van der Waals surface area contributed by atoms with Crippen LogP contribution < -0.4 is 16.0 Å². The number of nitrogens with zero attached hydrogens (tertiary/aromatic N) is 4. The summed E-state index contributed by atoms with van der Waals surface area (Å²) in [4.78, 5) is 26.3. The molecular weight excluding hydrogens is 498 g/mol. The van der Waals surface area contributed by atoms with Crippen molar-refractivity contribution in [1.29, 1.82) is 0 Å². The number of thiophene rings is 1. The van der Waals surface area contributed by atoms with E-state index in [2.05, 4.69) is 26.1 Å². The Morgan fingerprint density at radius 1 is 0.972 bits per heavy atom. The molecule has 3 N–H and O–H groups in total. The molecule has 3 amide bonds. The summed E-state index contributed by atoms with van der Waals surface area (Å²) in [7, 11) is 1.78. The van der Waals surface area contributed by atoms with Gasteiger partial charge in [0, 0.05) is 18.7 Å². The molecule has 0 radical (unpaired) electrons. The Balaban J connectivity index is 1.27. The van der Waals surface area contributed by atoms with E-state index in [0.717, 1.165) is 10.6 Å². The number of rotatable bonds is 6. The Kier molecular flexibility index (Phi) is 6.52. The minimum Gasteiger partial charge on any atom is -0.307 e. The fourth-order valence-electron chi connectivity index (χ4n) is 3.48. The average molecular weight is 518 g/mol. The molecule has 0 aliphatic carbocycles. The van der Waals surface area contributed by atoms with Gasteiger partial charge < -0.3 is 16.0 Å². The number of hydrogen-bond donors (Lipinski definition) is 3. The van der Waals surface area contributed by atoms with E-state index in [1.807, 2.05) is 29.6 Å². The average Bonchev–Trinajstić information content (AvgIpc) is 3.63. The Morgan fingerprint density at radius 3 is 2.64 bits per heavy atom. The Labute approximate surface area is 215 Å². The quantitative estimate of drug-likeness (QED) is 0.261. The highest BCUT2D eigenvalue weighted by Gasteiger charge is 2.14. The molecule has 0 aliphatic heterocycles. The van der Waals surface area contributed by atoms with Crippen molar-refractivity contribution in [3.63, 3.8) is 0 Å². The molecule has 0 fully saturated rings. The van der Waals surface area contributed by atoms with Gasteiger partial charge in [-0.15, -0.1) is 11.3 Å². The van der Waals surface area contributed by atoms with Crippen molar-refractivity contribution in [3.05, 3.63) is 95.1 Å². The number of halogens is 1. The van der Waals surface area contributed by atoms with Crippen molar-refractivity contribution in [2.24, 2.45) is 7.05 Å². The standard InChI is InChI=1S/C25H20ClN7O2S/c1-32-23(13-21(31-32)22-10-5-11-36-22)30-24(34)16-6-4-7-18(12-16)33-15-17(14-27-33)28-25(35)29-20-9-3-2-8-19(20)26/h2-15H,1H3,(H,30,34)(H2,28,29,35). The van der Waals surface area contributed by atoms with Crippen molar-refractivity contribution in [2.75, 3.05) is 16.0 Å². The molecule has 3 heterocycles. The first-order valence-electron chi connectivity index (χ1n) is 10.8. The summed E-state index contributed by atoms with van der Waals surface area (Å²) in [5.74, 6) is 0.311. The van der Waals surface area contributed by atoms with Gasteiger partial charge in [0.1, 0.15) is 11.5 Å². The van der Waals surface area contributed by atoms with E-state index in [1.165, 1.54) is 6.20 Å². The van der Waals surface area contributed by atoms with Crippen LogP contribution in [0.25, 0.3) is 16.3 Å². The molecule has 0 aliphatic rings. The first-order chi connectivity index (χ1) is 17.5. The number of benzene rings is 2. The molecule has 0 unspecified atom stereocenters. The maximum absolute atomic E-state index is 12.9. The third-order valence-corrected chi connectivity index (χ3v) is 6.45. The summed E-state index contributed by atoms with van der Waals surface area (Å²) in [5, 5.41) is 19.5. The maximum atomic E-state index is 12.9. The highest BCUT2D eigenvalue weighted by atomic mass is 35.5. The largest absolute Gasteiger partial charge is 0.323 e. The van der Waals surface area contributed by atoms with Crippen LogP contribution in [-0.4, -0.2) is 31.5 Å². The van der Waals surface area contributed by atoms with Crippen LogP contribution in [0.1, 0.15) is 10.4 Å². The SMILES string of the molecule is Cn1nc(-c2cccs2)cc1NC(=O)c1cccc(-n2cc(NC(=O)Nc3ccccc3Cl)cn2)c1. The number of aromatic nitrogens is 4. The molecule has 3 aromatic heterocycles. The number of carbonyl (C=O) groups is 2. The molecule has 0 bridgehead atoms. The van der Waals surface area contributed by atoms with Crippen LogP contribution in [0.2, 0.25) is 5.02 Å². The molecule has 0 saturated carbocycles. The van der Waals surface area contributed by atoms with Crippen molar-refractivity contribution < 1.29 is 9.59 Å². The monoisotopic (exact) mass is 517 g/mol. The van der Waals surface area contributed by atoms with Gasteiger partial charge in [0.05, 0.1) is 39.4 Å². The van der Waals surface area contributed by atoms with E-state index >= 15 is 0 Å². The van der Waals surface area contributed by atoms with Crippen LogP contribution in [0, 0.1) is 0 Å². The topological polar surface area (TPSA) is 106 Å². The van der Waals surface area contributed by atoms with Gasteiger partial charge in [0.25, 0.3) is 5.91 Å². The molecule has 9 nitrogen and oxygen atoms in total. The van der Waals surface area contributed by atoms with Crippen LogP contribution in [0.3, 0.4) is 0 Å². The van der Waals surface area contributed by atoms with E-state index in [9.17, 15) is 9.59 Å². The fourth-order valence-corrected chi connectivity index (χ4v) is 4.35. The second-order valence-corrected chi connectivity index (χ2v) is 9.11. The second-order valence-electron chi connectivity index (χ2n) is 7.75. The predicted octanol–water partition coefficient (Wildman–Crippen LogP) is 5.88. The van der Waals surface area contributed by atoms with Gasteiger partial charge in [-0.2, -0.15) is 10.2 Å². The number of carbonyl (C=O) groups excluding carboxylic acids is 2. The lowest BCUT2D eigenvalue weighted by molar-refractivity contribution is 0.102. The van der Waals surface area contributed by atoms with Crippen LogP contribution in [0.4, 0.5) is 22.0 Å². The zero-order valence-electron chi connectivity index (χ0n) is 19.0. The Bertz CT molecular complexity index is 1540. The fraction of sp³-hybridized carbons (Fsp3) is 0.0400. The molecule has 0 saturated heterocycles. The van der Waals surface area contributed by atoms with E-state index in [-0.39, 0.29) is 5.91 Å². The normalized spacial score (nSPS) is 10.7. The molecule has 5 rings (SSSR count). The summed E-state index contributed by atoms with van der Waals surface area (Å²) in [6.45, 7) is 0. The minimum atomic E-state index is -0.450. The maximum Gasteiger partial charge on any atom is 0.323 e. The molecule has 36 heavy (non-hydrogen) atoms. The van der Waals surface area contributed by atoms with Gasteiger partial charge in [0.2, 0.25) is 0 Å². The van der Waals surface area contributed by atoms with Gasteiger partial charge in [-0.05, 0) is 41.8 Å². The van der Waals surface area contributed by atoms with Crippen molar-refractivity contribution in [1.82, 2.24) is 19.6 Å². The van der Waals surface area contributed by atoms with Gasteiger partial charge in [-0.1, -0.05) is 35.9 Å². The van der Waals surface area contributed by atoms with Crippen molar-refractivity contribution >= 4 is 52.1 Å². The molecular formula is C25H20ClN7O2S. The highest BCUT2D eigenvalue weighted by molar-refractivity contribution is 7.13. The van der Waals surface area contributed by atoms with E-state index < -0.39 is 6.03 Å². The third kappa shape index (κ3) is 5.14. The molecule has 5 aromatic rings. The van der Waals surface area contributed by atoms with E-state index in [1.54, 1.807) is 76.4 Å². The molecule has 180 valence electrons. The summed E-state index contributed by atoms with van der Waals surface area (Å²) in [6, 6.07) is 19.3. The zero-order valence-corrected chi connectivity index (χ0v) is 20.5. The molecule has 0 spiro atoms. The Hall–Kier alpha value is -4.41. The summed E-state index contributed by atoms with van der Waals surface area (Å²) in [6.07, 6.45) is 3.16. The van der Waals surface area contributed by atoms with Gasteiger partial charge >= 0.3 is 6.03 Å². The summed E-state index contributed by atoms with van der Waals surface area (Å²) in [5.41, 5.74) is 2.88. The molecule has 11 heteroatoms. The van der Waals surface area contributed by atoms with Gasteiger partial charge in [-0.3, -0.25) is 9.48 Å². The first-order valence-corrected chi connectivity index (χ1v) is 12.1. The third-order valence-electron chi connectivity index (χ3n) is 5.23. The minimum absolute atomic E-state index is 0.276. The first kappa shape index (κ1) is 23.3. The Morgan fingerprint density at radius 2 is 1.83 bits per heavy atom. The lowest BCUT2D eigenvalue weighted by Gasteiger charge is -2.08. The zero-order chi connectivity index (χ0) is 25.1. The smallest absolute Gasteiger partial charge is 0.307 e. The number of anilines is 3. The lowest BCUT2D eigenvalue weighted by Crippen LogP contribution is -2.19. The van der Waals surface area contributed by atoms with Gasteiger partial charge in [-0.25, -0.2) is 9.48 Å².